The molecular weight excluding hydrogens is 383 g/mol. The highest BCUT2D eigenvalue weighted by Gasteiger charge is 2.28. The molecule has 1 nitrogen and oxygen atoms in total. The van der Waals surface area contributed by atoms with Gasteiger partial charge < -0.3 is 4.74 Å². The summed E-state index contributed by atoms with van der Waals surface area (Å²) in [6.45, 7) is 16.3. The lowest BCUT2D eigenvalue weighted by Crippen LogP contribution is -2.43. The predicted octanol–water partition coefficient (Wildman–Crippen LogP) is 6.07. The second-order valence-electron chi connectivity index (χ2n) is 8.68. The van der Waals surface area contributed by atoms with E-state index in [4.69, 9.17) is 27.9 Å². The van der Waals surface area contributed by atoms with Gasteiger partial charge in [-0.2, -0.15) is 0 Å². The van der Waals surface area contributed by atoms with Gasteiger partial charge in [-0.25, -0.2) is 0 Å². The Labute approximate surface area is 164 Å². The standard InChI is InChI=1S/C20H28Cl2OSi2/c1-13-9-19(24(3,4)5)14(10-16(13)21)15-11-17(22)18(23-2)12-20(15)25(6,7)8/h9-12H,1-8H3. The van der Waals surface area contributed by atoms with Gasteiger partial charge in [0, 0.05) is 5.02 Å². The van der Waals surface area contributed by atoms with Gasteiger partial charge in [-0.15, -0.1) is 0 Å². The van der Waals surface area contributed by atoms with Crippen LogP contribution >= 0.6 is 23.2 Å². The van der Waals surface area contributed by atoms with Gasteiger partial charge in [-0.3, -0.25) is 0 Å². The van der Waals surface area contributed by atoms with Crippen molar-refractivity contribution >= 4 is 49.7 Å². The number of ether oxygens (including phenoxy) is 1. The highest BCUT2D eigenvalue weighted by Crippen LogP contribution is 2.33. The lowest BCUT2D eigenvalue weighted by atomic mass is 10.0. The van der Waals surface area contributed by atoms with Crippen LogP contribution < -0.4 is 15.1 Å². The van der Waals surface area contributed by atoms with Crippen LogP contribution in [0.1, 0.15) is 5.56 Å². The minimum Gasteiger partial charge on any atom is -0.495 e. The van der Waals surface area contributed by atoms with Crippen molar-refractivity contribution in [2.75, 3.05) is 7.11 Å². The molecule has 0 N–H and O–H groups in total. The summed E-state index contributed by atoms with van der Waals surface area (Å²) in [7, 11) is -1.49. The van der Waals surface area contributed by atoms with E-state index in [9.17, 15) is 0 Å². The first-order chi connectivity index (χ1) is 11.4. The van der Waals surface area contributed by atoms with Gasteiger partial charge >= 0.3 is 0 Å². The van der Waals surface area contributed by atoms with Crippen LogP contribution in [-0.2, 0) is 0 Å². The van der Waals surface area contributed by atoms with Crippen LogP contribution in [0.3, 0.4) is 0 Å². The highest BCUT2D eigenvalue weighted by atomic mass is 35.5. The molecule has 0 amide bonds. The van der Waals surface area contributed by atoms with E-state index in [-0.39, 0.29) is 0 Å². The lowest BCUT2D eigenvalue weighted by molar-refractivity contribution is 0.415. The maximum Gasteiger partial charge on any atom is 0.137 e. The molecule has 0 atom stereocenters. The number of halogens is 2. The van der Waals surface area contributed by atoms with Crippen LogP contribution in [0.15, 0.2) is 24.3 Å². The zero-order chi connectivity index (χ0) is 19.2. The molecule has 0 radical (unpaired) electrons. The zero-order valence-electron chi connectivity index (χ0n) is 16.5. The summed E-state index contributed by atoms with van der Waals surface area (Å²) >= 11 is 13.0. The summed E-state index contributed by atoms with van der Waals surface area (Å²) < 4.78 is 5.48. The van der Waals surface area contributed by atoms with Gasteiger partial charge in [-0.05, 0) is 47.0 Å². The van der Waals surface area contributed by atoms with Gasteiger partial charge in [0.2, 0.25) is 0 Å². The van der Waals surface area contributed by atoms with Crippen molar-refractivity contribution in [2.45, 2.75) is 46.2 Å². The summed E-state index contributed by atoms with van der Waals surface area (Å²) in [6.07, 6.45) is 0. The maximum atomic E-state index is 6.52. The first-order valence-electron chi connectivity index (χ1n) is 8.55. The molecule has 0 saturated heterocycles. The predicted molar refractivity (Wildman–Crippen MR) is 119 cm³/mol. The number of methoxy groups -OCH3 is 1. The van der Waals surface area contributed by atoms with Crippen LogP contribution in [0.5, 0.6) is 5.75 Å². The molecule has 0 bridgehead atoms. The molecule has 0 aromatic heterocycles. The lowest BCUT2D eigenvalue weighted by Gasteiger charge is -2.28. The molecule has 0 fully saturated rings. The third-order valence-corrected chi connectivity index (χ3v) is 9.26. The summed E-state index contributed by atoms with van der Waals surface area (Å²) in [5.74, 6) is 0.746. The fourth-order valence-corrected chi connectivity index (χ4v) is 6.73. The minimum atomic E-state index is -1.61. The molecule has 0 unspecified atom stereocenters. The monoisotopic (exact) mass is 410 g/mol. The Morgan fingerprint density at radius 3 is 1.60 bits per heavy atom. The normalized spacial score (nSPS) is 12.4. The third kappa shape index (κ3) is 4.33. The molecule has 5 heteroatoms. The maximum absolute atomic E-state index is 6.52. The molecule has 0 spiro atoms. The third-order valence-electron chi connectivity index (χ3n) is 4.50. The molecular formula is C20H28Cl2OSi2. The summed E-state index contributed by atoms with van der Waals surface area (Å²) in [5, 5.41) is 4.24. The Balaban J connectivity index is 2.91. The van der Waals surface area contributed by atoms with Crippen molar-refractivity contribution in [3.63, 3.8) is 0 Å². The quantitative estimate of drug-likeness (QED) is 0.555. The van der Waals surface area contributed by atoms with Crippen LogP contribution in [0.2, 0.25) is 49.3 Å². The van der Waals surface area contributed by atoms with Crippen LogP contribution in [0, 0.1) is 6.92 Å². The van der Waals surface area contributed by atoms with Crippen molar-refractivity contribution in [1.82, 2.24) is 0 Å². The molecule has 0 aliphatic carbocycles. The van der Waals surface area contributed by atoms with E-state index in [2.05, 4.69) is 70.5 Å². The molecule has 0 heterocycles. The van der Waals surface area contributed by atoms with E-state index in [0.29, 0.717) is 5.02 Å². The molecule has 0 aliphatic rings. The van der Waals surface area contributed by atoms with E-state index in [1.54, 1.807) is 7.11 Å². The fraction of sp³-hybridized carbons (Fsp3) is 0.400. The molecule has 0 saturated carbocycles. The SMILES string of the molecule is COc1cc([Si](C)(C)C)c(-c2cc(Cl)c(C)cc2[Si](C)(C)C)cc1Cl. The summed E-state index contributed by atoms with van der Waals surface area (Å²) in [6, 6.07) is 8.60. The van der Waals surface area contributed by atoms with Crippen LogP contribution in [0.4, 0.5) is 0 Å². The van der Waals surface area contributed by atoms with Crippen LogP contribution in [-0.4, -0.2) is 23.3 Å². The van der Waals surface area contributed by atoms with Gasteiger partial charge in [0.05, 0.1) is 28.3 Å². The van der Waals surface area contributed by atoms with Gasteiger partial charge in [0.25, 0.3) is 0 Å². The van der Waals surface area contributed by atoms with Crippen molar-refractivity contribution in [3.8, 4) is 16.9 Å². The largest absolute Gasteiger partial charge is 0.495 e. The highest BCUT2D eigenvalue weighted by molar-refractivity contribution is 6.91. The Hall–Kier alpha value is -0.746. The Kier molecular flexibility index (Phi) is 5.85. The van der Waals surface area contributed by atoms with E-state index in [0.717, 1.165) is 16.3 Å². The zero-order valence-corrected chi connectivity index (χ0v) is 20.0. The average molecular weight is 412 g/mol. The number of hydrogen-bond acceptors (Lipinski definition) is 1. The number of benzene rings is 2. The summed E-state index contributed by atoms with van der Waals surface area (Å²) in [4.78, 5) is 0. The second kappa shape index (κ2) is 7.11. The molecule has 136 valence electrons. The van der Waals surface area contributed by atoms with E-state index < -0.39 is 16.1 Å². The van der Waals surface area contributed by atoms with Gasteiger partial charge in [-0.1, -0.05) is 73.7 Å². The summed E-state index contributed by atoms with van der Waals surface area (Å²) in [5.41, 5.74) is 3.58. The molecule has 2 aromatic carbocycles. The minimum absolute atomic E-state index is 0.651. The first kappa shape index (κ1) is 20.6. The number of aryl methyl sites for hydroxylation is 1. The topological polar surface area (TPSA) is 9.23 Å². The van der Waals surface area contributed by atoms with Crippen molar-refractivity contribution in [2.24, 2.45) is 0 Å². The molecule has 0 aliphatic heterocycles. The molecule has 2 aromatic rings. The van der Waals surface area contributed by atoms with Crippen molar-refractivity contribution < 1.29 is 4.74 Å². The average Bonchev–Trinajstić information content (AvgIpc) is 2.47. The van der Waals surface area contributed by atoms with Crippen molar-refractivity contribution in [3.05, 3.63) is 39.9 Å². The number of hydrogen-bond donors (Lipinski definition) is 0. The first-order valence-corrected chi connectivity index (χ1v) is 16.3. The Bertz CT molecular complexity index is 803. The van der Waals surface area contributed by atoms with Gasteiger partial charge in [0.15, 0.2) is 0 Å². The van der Waals surface area contributed by atoms with E-state index in [1.165, 1.54) is 21.5 Å². The molecule has 25 heavy (non-hydrogen) atoms. The van der Waals surface area contributed by atoms with Gasteiger partial charge in [0.1, 0.15) is 5.75 Å². The molecule has 2 rings (SSSR count). The second-order valence-corrected chi connectivity index (χ2v) is 19.6. The van der Waals surface area contributed by atoms with Crippen molar-refractivity contribution in [1.29, 1.82) is 0 Å². The van der Waals surface area contributed by atoms with E-state index in [1.807, 2.05) is 0 Å². The number of rotatable bonds is 4. The Morgan fingerprint density at radius 2 is 1.16 bits per heavy atom. The fourth-order valence-electron chi connectivity index (χ4n) is 3.08. The van der Waals surface area contributed by atoms with Crippen LogP contribution in [0.25, 0.3) is 11.1 Å². The smallest absolute Gasteiger partial charge is 0.137 e. The Morgan fingerprint density at radius 1 is 0.720 bits per heavy atom. The van der Waals surface area contributed by atoms with E-state index >= 15 is 0 Å².